The van der Waals surface area contributed by atoms with Crippen LogP contribution in [0.1, 0.15) is 11.1 Å². The van der Waals surface area contributed by atoms with Crippen molar-refractivity contribution in [1.29, 1.82) is 0 Å². The minimum absolute atomic E-state index is 0.246. The monoisotopic (exact) mass is 266 g/mol. The number of carbonyl (C=O) groups is 1. The fourth-order valence-corrected chi connectivity index (χ4v) is 1.96. The lowest BCUT2D eigenvalue weighted by Crippen LogP contribution is -2.25. The molecule has 1 aliphatic rings. The molecule has 1 heterocycles. The van der Waals surface area contributed by atoms with Crippen LogP contribution in [0, 0.1) is 5.82 Å². The van der Waals surface area contributed by atoms with Gasteiger partial charge in [0, 0.05) is 0 Å². The molecule has 98 valence electrons. The van der Waals surface area contributed by atoms with Crippen LogP contribution >= 0.6 is 0 Å². The number of benzene rings is 2. The molecule has 0 aromatic heterocycles. The molecule has 2 aromatic rings. The first-order valence-electron chi connectivity index (χ1n) is 6.16. The topological polar surface area (TPSA) is 41.5 Å². The Bertz CT molecular complexity index is 720. The Morgan fingerprint density at radius 3 is 2.45 bits per heavy atom. The van der Waals surface area contributed by atoms with Crippen LogP contribution in [0.3, 0.4) is 0 Å². The quantitative estimate of drug-likeness (QED) is 0.834. The maximum atomic E-state index is 13.7. The third-order valence-electron chi connectivity index (χ3n) is 2.93. The van der Waals surface area contributed by atoms with E-state index in [9.17, 15) is 9.18 Å². The second-order valence-corrected chi connectivity index (χ2v) is 4.33. The van der Waals surface area contributed by atoms with Crippen molar-refractivity contribution in [3.63, 3.8) is 0 Å². The van der Waals surface area contributed by atoms with Gasteiger partial charge in [-0.25, -0.2) is 9.38 Å². The second kappa shape index (κ2) is 5.09. The summed E-state index contributed by atoms with van der Waals surface area (Å²) in [5, 5.41) is 2.58. The van der Waals surface area contributed by atoms with Crippen molar-refractivity contribution in [3.05, 3.63) is 77.2 Å². The molecule has 2 aromatic carbocycles. The van der Waals surface area contributed by atoms with Crippen molar-refractivity contribution in [2.75, 3.05) is 0 Å². The highest BCUT2D eigenvalue weighted by molar-refractivity contribution is 6.19. The van der Waals surface area contributed by atoms with Gasteiger partial charge in [-0.3, -0.25) is 4.79 Å². The lowest BCUT2D eigenvalue weighted by atomic mass is 10.2. The van der Waals surface area contributed by atoms with Crippen molar-refractivity contribution in [1.82, 2.24) is 5.32 Å². The normalized spacial score (nSPS) is 16.1. The van der Waals surface area contributed by atoms with Gasteiger partial charge in [-0.05, 0) is 23.8 Å². The van der Waals surface area contributed by atoms with Crippen LogP contribution in [0.15, 0.2) is 65.3 Å². The smallest absolute Gasteiger partial charge is 0.275 e. The third-order valence-corrected chi connectivity index (χ3v) is 2.93. The number of carbonyl (C=O) groups excluding carboxylic acids is 1. The number of halogens is 1. The molecule has 0 bridgehead atoms. The lowest BCUT2D eigenvalue weighted by molar-refractivity contribution is -0.115. The highest BCUT2D eigenvalue weighted by Gasteiger charge is 2.22. The molecule has 1 N–H and O–H groups in total. The molecule has 1 aliphatic heterocycles. The first kappa shape index (κ1) is 12.3. The zero-order valence-corrected chi connectivity index (χ0v) is 10.5. The van der Waals surface area contributed by atoms with E-state index in [1.165, 1.54) is 6.07 Å². The van der Waals surface area contributed by atoms with Gasteiger partial charge >= 0.3 is 0 Å². The van der Waals surface area contributed by atoms with Gasteiger partial charge in [0.15, 0.2) is 0 Å². The largest absolute Gasteiger partial charge is 0.305 e. The van der Waals surface area contributed by atoms with Crippen molar-refractivity contribution in [2.45, 2.75) is 0 Å². The van der Waals surface area contributed by atoms with E-state index >= 15 is 0 Å². The maximum Gasteiger partial charge on any atom is 0.275 e. The summed E-state index contributed by atoms with van der Waals surface area (Å²) in [4.78, 5) is 16.0. The fraction of sp³-hybridized carbons (Fsp3) is 0. The Labute approximate surface area is 115 Å². The molecule has 20 heavy (non-hydrogen) atoms. The fourth-order valence-electron chi connectivity index (χ4n) is 1.96. The van der Waals surface area contributed by atoms with Gasteiger partial charge in [-0.1, -0.05) is 42.5 Å². The summed E-state index contributed by atoms with van der Waals surface area (Å²) in [5.74, 6) is -0.491. The summed E-state index contributed by atoms with van der Waals surface area (Å²) in [7, 11) is 0. The van der Waals surface area contributed by atoms with E-state index in [2.05, 4.69) is 10.3 Å². The molecule has 0 fully saturated rings. The van der Waals surface area contributed by atoms with E-state index in [1.807, 2.05) is 30.3 Å². The summed E-state index contributed by atoms with van der Waals surface area (Å²) < 4.78 is 13.7. The van der Waals surface area contributed by atoms with E-state index in [0.717, 1.165) is 5.56 Å². The zero-order chi connectivity index (χ0) is 13.9. The van der Waals surface area contributed by atoms with E-state index < -0.39 is 5.82 Å². The molecule has 0 radical (unpaired) electrons. The van der Waals surface area contributed by atoms with Crippen molar-refractivity contribution < 1.29 is 9.18 Å². The van der Waals surface area contributed by atoms with Gasteiger partial charge in [0.2, 0.25) is 0 Å². The zero-order valence-electron chi connectivity index (χ0n) is 10.5. The lowest BCUT2D eigenvalue weighted by Gasteiger charge is -2.00. The SMILES string of the molecule is O=C1NC(c2ccccc2F)=NC1=Cc1ccccc1. The van der Waals surface area contributed by atoms with Crippen molar-refractivity contribution in [2.24, 2.45) is 4.99 Å². The molecule has 1 amide bonds. The van der Waals surface area contributed by atoms with Gasteiger partial charge in [-0.2, -0.15) is 0 Å². The van der Waals surface area contributed by atoms with Crippen molar-refractivity contribution in [3.8, 4) is 0 Å². The number of nitrogens with zero attached hydrogens (tertiary/aromatic N) is 1. The predicted octanol–water partition coefficient (Wildman–Crippen LogP) is 2.74. The van der Waals surface area contributed by atoms with Crippen molar-refractivity contribution >= 4 is 17.8 Å². The van der Waals surface area contributed by atoms with Crippen LogP contribution in [0.25, 0.3) is 6.08 Å². The van der Waals surface area contributed by atoms with Crippen LogP contribution < -0.4 is 5.32 Å². The average Bonchev–Trinajstić information content (AvgIpc) is 2.81. The number of hydrogen-bond acceptors (Lipinski definition) is 2. The van der Waals surface area contributed by atoms with Gasteiger partial charge in [0.05, 0.1) is 5.56 Å². The van der Waals surface area contributed by atoms with E-state index in [4.69, 9.17) is 0 Å². The molecule has 0 spiro atoms. The number of aliphatic imine (C=N–C) groups is 1. The molecule has 3 nitrogen and oxygen atoms in total. The maximum absolute atomic E-state index is 13.7. The van der Waals surface area contributed by atoms with Crippen LogP contribution in [-0.2, 0) is 4.79 Å². The van der Waals surface area contributed by atoms with Gasteiger partial charge in [0.25, 0.3) is 5.91 Å². The summed E-state index contributed by atoms with van der Waals surface area (Å²) in [6, 6.07) is 15.6. The number of amides is 1. The minimum atomic E-state index is -0.410. The molecule has 0 saturated carbocycles. The van der Waals surface area contributed by atoms with Crippen LogP contribution in [0.5, 0.6) is 0 Å². The van der Waals surface area contributed by atoms with E-state index in [1.54, 1.807) is 24.3 Å². The molecule has 4 heteroatoms. The molecule has 0 aliphatic carbocycles. The summed E-state index contributed by atoms with van der Waals surface area (Å²) >= 11 is 0. The highest BCUT2D eigenvalue weighted by atomic mass is 19.1. The molecule has 0 saturated heterocycles. The van der Waals surface area contributed by atoms with E-state index in [0.29, 0.717) is 0 Å². The molecule has 0 atom stereocenters. The Kier molecular flexibility index (Phi) is 3.13. The first-order valence-corrected chi connectivity index (χ1v) is 6.16. The molecular weight excluding hydrogens is 255 g/mol. The Morgan fingerprint density at radius 2 is 1.70 bits per heavy atom. The Hall–Kier alpha value is -2.75. The highest BCUT2D eigenvalue weighted by Crippen LogP contribution is 2.16. The van der Waals surface area contributed by atoms with Crippen LogP contribution in [-0.4, -0.2) is 11.7 Å². The van der Waals surface area contributed by atoms with Crippen LogP contribution in [0.2, 0.25) is 0 Å². The first-order chi connectivity index (χ1) is 9.74. The Morgan fingerprint density at radius 1 is 1.00 bits per heavy atom. The number of amidine groups is 1. The van der Waals surface area contributed by atoms with E-state index in [-0.39, 0.29) is 23.0 Å². The average molecular weight is 266 g/mol. The van der Waals surface area contributed by atoms with Gasteiger partial charge in [-0.15, -0.1) is 0 Å². The summed E-state index contributed by atoms with van der Waals surface area (Å²) in [6.45, 7) is 0. The van der Waals surface area contributed by atoms with Crippen LogP contribution in [0.4, 0.5) is 4.39 Å². The standard InChI is InChI=1S/C16H11FN2O/c17-13-9-5-4-8-12(13)15-18-14(16(20)19-15)10-11-6-2-1-3-7-11/h1-10H,(H,18,19,20). The summed E-state index contributed by atoms with van der Waals surface area (Å²) in [6.07, 6.45) is 1.67. The molecule has 3 rings (SSSR count). The number of hydrogen-bond donors (Lipinski definition) is 1. The number of rotatable bonds is 2. The van der Waals surface area contributed by atoms with Gasteiger partial charge in [0.1, 0.15) is 17.3 Å². The summed E-state index contributed by atoms with van der Waals surface area (Å²) in [5.41, 5.74) is 1.43. The minimum Gasteiger partial charge on any atom is -0.305 e. The Balaban J connectivity index is 1.98. The molecular formula is C16H11FN2O. The molecule has 0 unspecified atom stereocenters. The third kappa shape index (κ3) is 2.36. The second-order valence-electron chi connectivity index (χ2n) is 4.33. The number of nitrogens with one attached hydrogen (secondary N) is 1. The van der Waals surface area contributed by atoms with Gasteiger partial charge < -0.3 is 5.32 Å². The predicted molar refractivity (Wildman–Crippen MR) is 75.5 cm³/mol.